The van der Waals surface area contributed by atoms with Gasteiger partial charge in [-0.15, -0.1) is 0 Å². The molecule has 0 bridgehead atoms. The largest absolute Gasteiger partial charge is 0.314 e. The fourth-order valence-electron chi connectivity index (χ4n) is 3.68. The highest BCUT2D eigenvalue weighted by Gasteiger charge is 2.31. The molecule has 2 fully saturated rings. The smallest absolute Gasteiger partial charge is 0.00683 e. The standard InChI is InChI=1S/C18H27N/c1-12-9-14(3)18(10-13(12)2)17-6-4-5-15(17)11-19-16-7-8-16/h9-10,15-17,19H,4-8,11H2,1-3H3. The summed E-state index contributed by atoms with van der Waals surface area (Å²) in [4.78, 5) is 0. The zero-order valence-electron chi connectivity index (χ0n) is 12.6. The van der Waals surface area contributed by atoms with E-state index in [2.05, 4.69) is 38.2 Å². The molecule has 1 aromatic rings. The van der Waals surface area contributed by atoms with E-state index in [1.54, 1.807) is 5.56 Å². The van der Waals surface area contributed by atoms with Crippen molar-refractivity contribution in [2.75, 3.05) is 6.54 Å². The van der Waals surface area contributed by atoms with E-state index in [9.17, 15) is 0 Å². The van der Waals surface area contributed by atoms with Gasteiger partial charge in [0.15, 0.2) is 0 Å². The van der Waals surface area contributed by atoms with Crippen LogP contribution in [0.15, 0.2) is 12.1 Å². The maximum Gasteiger partial charge on any atom is 0.00683 e. The summed E-state index contributed by atoms with van der Waals surface area (Å²) in [7, 11) is 0. The predicted octanol–water partition coefficient (Wildman–Crippen LogP) is 4.25. The Morgan fingerprint density at radius 1 is 0.947 bits per heavy atom. The molecular weight excluding hydrogens is 230 g/mol. The minimum atomic E-state index is 0.797. The Hall–Kier alpha value is -0.820. The van der Waals surface area contributed by atoms with Gasteiger partial charge in [0, 0.05) is 6.04 Å². The van der Waals surface area contributed by atoms with Gasteiger partial charge in [-0.2, -0.15) is 0 Å². The molecule has 2 aliphatic carbocycles. The normalized spacial score (nSPS) is 26.9. The number of rotatable bonds is 4. The summed E-state index contributed by atoms with van der Waals surface area (Å²) in [6.07, 6.45) is 7.02. The van der Waals surface area contributed by atoms with E-state index in [0.717, 1.165) is 17.9 Å². The SMILES string of the molecule is Cc1cc(C)c(C2CCCC2CNC2CC2)cc1C. The Balaban J connectivity index is 1.77. The van der Waals surface area contributed by atoms with Gasteiger partial charge in [-0.1, -0.05) is 18.6 Å². The van der Waals surface area contributed by atoms with E-state index in [0.29, 0.717) is 0 Å². The van der Waals surface area contributed by atoms with Gasteiger partial charge in [0.25, 0.3) is 0 Å². The van der Waals surface area contributed by atoms with Gasteiger partial charge in [0.1, 0.15) is 0 Å². The number of hydrogen-bond donors (Lipinski definition) is 1. The molecule has 2 saturated carbocycles. The molecule has 1 aromatic carbocycles. The van der Waals surface area contributed by atoms with Crippen LogP contribution in [-0.4, -0.2) is 12.6 Å². The first kappa shape index (κ1) is 13.2. The second-order valence-corrected chi connectivity index (χ2v) is 6.77. The molecule has 2 unspecified atom stereocenters. The van der Waals surface area contributed by atoms with Gasteiger partial charge in [-0.3, -0.25) is 0 Å². The Morgan fingerprint density at radius 3 is 2.42 bits per heavy atom. The van der Waals surface area contributed by atoms with E-state index in [1.807, 2.05) is 0 Å². The first-order valence-corrected chi connectivity index (χ1v) is 7.96. The van der Waals surface area contributed by atoms with E-state index in [-0.39, 0.29) is 0 Å². The van der Waals surface area contributed by atoms with Crippen molar-refractivity contribution in [2.24, 2.45) is 5.92 Å². The molecule has 0 radical (unpaired) electrons. The van der Waals surface area contributed by atoms with E-state index >= 15 is 0 Å². The van der Waals surface area contributed by atoms with Crippen molar-refractivity contribution in [3.05, 3.63) is 34.4 Å². The summed E-state index contributed by atoms with van der Waals surface area (Å²) in [5.41, 5.74) is 6.03. The summed E-state index contributed by atoms with van der Waals surface area (Å²) in [5, 5.41) is 3.74. The van der Waals surface area contributed by atoms with Crippen LogP contribution >= 0.6 is 0 Å². The highest BCUT2D eigenvalue weighted by Crippen LogP contribution is 2.41. The summed E-state index contributed by atoms with van der Waals surface area (Å²) >= 11 is 0. The number of hydrogen-bond acceptors (Lipinski definition) is 1. The highest BCUT2D eigenvalue weighted by atomic mass is 14.9. The van der Waals surface area contributed by atoms with Crippen molar-refractivity contribution in [1.29, 1.82) is 0 Å². The third kappa shape index (κ3) is 2.86. The first-order valence-electron chi connectivity index (χ1n) is 7.96. The van der Waals surface area contributed by atoms with Crippen LogP contribution in [0.1, 0.15) is 60.3 Å². The molecule has 1 nitrogen and oxygen atoms in total. The Labute approximate surface area is 117 Å². The van der Waals surface area contributed by atoms with Crippen LogP contribution in [0.4, 0.5) is 0 Å². The summed E-state index contributed by atoms with van der Waals surface area (Å²) < 4.78 is 0. The molecular formula is C18H27N. The monoisotopic (exact) mass is 257 g/mol. The van der Waals surface area contributed by atoms with Crippen LogP contribution in [0.25, 0.3) is 0 Å². The summed E-state index contributed by atoms with van der Waals surface area (Å²) in [6, 6.07) is 5.70. The van der Waals surface area contributed by atoms with Crippen LogP contribution in [0.2, 0.25) is 0 Å². The molecule has 3 rings (SSSR count). The van der Waals surface area contributed by atoms with Crippen molar-refractivity contribution in [3.63, 3.8) is 0 Å². The molecule has 0 saturated heterocycles. The van der Waals surface area contributed by atoms with E-state index in [1.165, 1.54) is 55.3 Å². The van der Waals surface area contributed by atoms with Gasteiger partial charge in [0.2, 0.25) is 0 Å². The van der Waals surface area contributed by atoms with Crippen molar-refractivity contribution in [1.82, 2.24) is 5.32 Å². The van der Waals surface area contributed by atoms with Crippen LogP contribution in [0.5, 0.6) is 0 Å². The van der Waals surface area contributed by atoms with Crippen molar-refractivity contribution < 1.29 is 0 Å². The van der Waals surface area contributed by atoms with Crippen LogP contribution in [0, 0.1) is 26.7 Å². The minimum absolute atomic E-state index is 0.797. The maximum absolute atomic E-state index is 3.74. The van der Waals surface area contributed by atoms with E-state index in [4.69, 9.17) is 0 Å². The lowest BCUT2D eigenvalue weighted by Crippen LogP contribution is -2.26. The molecule has 0 heterocycles. The molecule has 1 N–H and O–H groups in total. The minimum Gasteiger partial charge on any atom is -0.314 e. The number of nitrogens with one attached hydrogen (secondary N) is 1. The van der Waals surface area contributed by atoms with Gasteiger partial charge in [-0.25, -0.2) is 0 Å². The fourth-order valence-corrected chi connectivity index (χ4v) is 3.68. The number of benzene rings is 1. The fraction of sp³-hybridized carbons (Fsp3) is 0.667. The first-order chi connectivity index (χ1) is 9.15. The quantitative estimate of drug-likeness (QED) is 0.850. The second kappa shape index (κ2) is 5.28. The molecule has 104 valence electrons. The maximum atomic E-state index is 3.74. The van der Waals surface area contributed by atoms with Gasteiger partial charge >= 0.3 is 0 Å². The van der Waals surface area contributed by atoms with Crippen molar-refractivity contribution in [3.8, 4) is 0 Å². The summed E-state index contributed by atoms with van der Waals surface area (Å²) in [6.45, 7) is 8.02. The third-order valence-electron chi connectivity index (χ3n) is 5.19. The van der Waals surface area contributed by atoms with Gasteiger partial charge in [0.05, 0.1) is 0 Å². The van der Waals surface area contributed by atoms with Crippen molar-refractivity contribution >= 4 is 0 Å². The Morgan fingerprint density at radius 2 is 1.68 bits per heavy atom. The summed E-state index contributed by atoms with van der Waals surface area (Å²) in [5.74, 6) is 1.66. The molecule has 0 amide bonds. The van der Waals surface area contributed by atoms with Gasteiger partial charge in [-0.05, 0) is 87.1 Å². The Kier molecular flexibility index (Phi) is 3.66. The lowest BCUT2D eigenvalue weighted by molar-refractivity contribution is 0.441. The van der Waals surface area contributed by atoms with Crippen LogP contribution < -0.4 is 5.32 Å². The molecule has 0 aliphatic heterocycles. The zero-order chi connectivity index (χ0) is 13.4. The average molecular weight is 257 g/mol. The predicted molar refractivity (Wildman–Crippen MR) is 81.8 cm³/mol. The highest BCUT2D eigenvalue weighted by molar-refractivity contribution is 5.39. The molecule has 0 aromatic heterocycles. The van der Waals surface area contributed by atoms with Crippen molar-refractivity contribution in [2.45, 2.75) is 64.8 Å². The molecule has 2 aliphatic rings. The van der Waals surface area contributed by atoms with Gasteiger partial charge < -0.3 is 5.32 Å². The molecule has 1 heteroatoms. The average Bonchev–Trinajstić information content (AvgIpc) is 3.09. The lowest BCUT2D eigenvalue weighted by atomic mass is 9.84. The third-order valence-corrected chi connectivity index (χ3v) is 5.19. The second-order valence-electron chi connectivity index (χ2n) is 6.77. The zero-order valence-corrected chi connectivity index (χ0v) is 12.6. The lowest BCUT2D eigenvalue weighted by Gasteiger charge is -2.23. The molecule has 19 heavy (non-hydrogen) atoms. The Bertz CT molecular complexity index is 459. The van der Waals surface area contributed by atoms with Crippen LogP contribution in [-0.2, 0) is 0 Å². The van der Waals surface area contributed by atoms with E-state index < -0.39 is 0 Å². The van der Waals surface area contributed by atoms with Crippen LogP contribution in [0.3, 0.4) is 0 Å². The molecule has 0 spiro atoms. The topological polar surface area (TPSA) is 12.0 Å². The number of aryl methyl sites for hydroxylation is 3. The molecule has 2 atom stereocenters.